The second-order valence-corrected chi connectivity index (χ2v) is 3.47. The molecule has 2 rings (SSSR count). The van der Waals surface area contributed by atoms with Gasteiger partial charge in [-0.05, 0) is 31.7 Å². The largest absolute Gasteiger partial charge is 0.270 e. The third-order valence-corrected chi connectivity index (χ3v) is 2.56. The Kier molecular flexibility index (Phi) is 1.98. The average molecular weight is 162 g/mol. The predicted octanol–water partition coefficient (Wildman–Crippen LogP) is 2.55. The molecule has 0 radical (unpaired) electrons. The molecule has 1 aliphatic carbocycles. The van der Waals surface area contributed by atoms with Gasteiger partial charge >= 0.3 is 0 Å². The van der Waals surface area contributed by atoms with E-state index in [1.54, 1.807) is 0 Å². The van der Waals surface area contributed by atoms with Gasteiger partial charge in [0.25, 0.3) is 0 Å². The van der Waals surface area contributed by atoms with Gasteiger partial charge in [-0.2, -0.15) is 5.10 Å². The van der Waals surface area contributed by atoms with Crippen molar-refractivity contribution < 1.29 is 0 Å². The summed E-state index contributed by atoms with van der Waals surface area (Å²) >= 11 is 0. The molecular weight excluding hydrogens is 148 g/mol. The Balaban J connectivity index is 2.03. The van der Waals surface area contributed by atoms with E-state index in [2.05, 4.69) is 22.6 Å². The molecule has 0 aromatic carbocycles. The van der Waals surface area contributed by atoms with Gasteiger partial charge in [0.2, 0.25) is 0 Å². The molecular formula is C10H14N2. The van der Waals surface area contributed by atoms with Gasteiger partial charge in [-0.1, -0.05) is 12.2 Å². The minimum absolute atomic E-state index is 0.616. The van der Waals surface area contributed by atoms with Gasteiger partial charge in [0, 0.05) is 12.4 Å². The lowest BCUT2D eigenvalue weighted by atomic mass is 9.92. The maximum absolute atomic E-state index is 4.25. The minimum Gasteiger partial charge on any atom is -0.270 e. The molecule has 2 heteroatoms. The van der Waals surface area contributed by atoms with Crippen LogP contribution in [-0.4, -0.2) is 9.78 Å². The molecule has 1 aliphatic rings. The third-order valence-electron chi connectivity index (χ3n) is 2.56. The molecule has 2 nitrogen and oxygen atoms in total. The fourth-order valence-corrected chi connectivity index (χ4v) is 1.77. The van der Waals surface area contributed by atoms with Gasteiger partial charge in [0.15, 0.2) is 0 Å². The standard InChI is InChI=1S/C10H14N2/c1-9-3-5-10(6-4-9)12-8-2-7-11-12/h2,7-8,10H,1,3-6H2. The van der Waals surface area contributed by atoms with Crippen LogP contribution >= 0.6 is 0 Å². The molecule has 12 heavy (non-hydrogen) atoms. The highest BCUT2D eigenvalue weighted by Gasteiger charge is 2.16. The van der Waals surface area contributed by atoms with E-state index in [4.69, 9.17) is 0 Å². The number of hydrogen-bond acceptors (Lipinski definition) is 1. The summed E-state index contributed by atoms with van der Waals surface area (Å²) in [5, 5.41) is 4.25. The van der Waals surface area contributed by atoms with Crippen LogP contribution in [0.4, 0.5) is 0 Å². The molecule has 0 aliphatic heterocycles. The number of rotatable bonds is 1. The highest BCUT2D eigenvalue weighted by Crippen LogP contribution is 2.29. The summed E-state index contributed by atoms with van der Waals surface area (Å²) in [6.07, 6.45) is 8.66. The van der Waals surface area contributed by atoms with Crippen LogP contribution in [-0.2, 0) is 0 Å². The zero-order valence-electron chi connectivity index (χ0n) is 7.24. The molecule has 1 aromatic rings. The van der Waals surface area contributed by atoms with E-state index in [0.29, 0.717) is 6.04 Å². The number of nitrogens with zero attached hydrogens (tertiary/aromatic N) is 2. The van der Waals surface area contributed by atoms with Crippen LogP contribution in [0.1, 0.15) is 31.7 Å². The molecule has 0 N–H and O–H groups in total. The number of allylic oxidation sites excluding steroid dienone is 1. The minimum atomic E-state index is 0.616. The van der Waals surface area contributed by atoms with Gasteiger partial charge in [-0.25, -0.2) is 0 Å². The lowest BCUT2D eigenvalue weighted by Crippen LogP contribution is -2.13. The first-order chi connectivity index (χ1) is 5.86. The van der Waals surface area contributed by atoms with E-state index in [-0.39, 0.29) is 0 Å². The van der Waals surface area contributed by atoms with Crippen molar-refractivity contribution in [1.82, 2.24) is 9.78 Å². The summed E-state index contributed by atoms with van der Waals surface area (Å²) in [6.45, 7) is 4.00. The SMILES string of the molecule is C=C1CCC(n2cccn2)CC1. The Morgan fingerprint density at radius 3 is 2.75 bits per heavy atom. The second-order valence-electron chi connectivity index (χ2n) is 3.47. The van der Waals surface area contributed by atoms with Crippen molar-refractivity contribution in [1.29, 1.82) is 0 Å². The molecule has 64 valence electrons. The second kappa shape index (κ2) is 3.13. The van der Waals surface area contributed by atoms with E-state index in [1.807, 2.05) is 12.3 Å². The zero-order valence-corrected chi connectivity index (χ0v) is 7.24. The maximum atomic E-state index is 4.25. The number of aromatic nitrogens is 2. The smallest absolute Gasteiger partial charge is 0.0525 e. The van der Waals surface area contributed by atoms with Crippen molar-refractivity contribution in [3.63, 3.8) is 0 Å². The van der Waals surface area contributed by atoms with Crippen LogP contribution in [0.3, 0.4) is 0 Å². The van der Waals surface area contributed by atoms with E-state index in [1.165, 1.54) is 31.3 Å². The Morgan fingerprint density at radius 1 is 1.42 bits per heavy atom. The van der Waals surface area contributed by atoms with Crippen molar-refractivity contribution in [3.8, 4) is 0 Å². The highest BCUT2D eigenvalue weighted by molar-refractivity contribution is 4.99. The Hall–Kier alpha value is -1.05. The fourth-order valence-electron chi connectivity index (χ4n) is 1.77. The van der Waals surface area contributed by atoms with E-state index in [9.17, 15) is 0 Å². The van der Waals surface area contributed by atoms with Crippen molar-refractivity contribution >= 4 is 0 Å². The maximum Gasteiger partial charge on any atom is 0.0525 e. The predicted molar refractivity (Wildman–Crippen MR) is 48.9 cm³/mol. The molecule has 0 bridgehead atoms. The summed E-state index contributed by atoms with van der Waals surface area (Å²) in [4.78, 5) is 0. The molecule has 1 saturated carbocycles. The van der Waals surface area contributed by atoms with Crippen LogP contribution in [0.5, 0.6) is 0 Å². The zero-order chi connectivity index (χ0) is 8.39. The van der Waals surface area contributed by atoms with Crippen molar-refractivity contribution in [3.05, 3.63) is 30.6 Å². The lowest BCUT2D eigenvalue weighted by molar-refractivity contribution is 0.369. The van der Waals surface area contributed by atoms with Gasteiger partial charge in [-0.15, -0.1) is 0 Å². The first-order valence-electron chi connectivity index (χ1n) is 4.52. The monoisotopic (exact) mass is 162 g/mol. The summed E-state index contributed by atoms with van der Waals surface area (Å²) < 4.78 is 2.08. The van der Waals surface area contributed by atoms with Crippen LogP contribution in [0, 0.1) is 0 Å². The van der Waals surface area contributed by atoms with Crippen molar-refractivity contribution in [2.75, 3.05) is 0 Å². The number of hydrogen-bond donors (Lipinski definition) is 0. The first-order valence-corrected chi connectivity index (χ1v) is 4.52. The van der Waals surface area contributed by atoms with Crippen LogP contribution in [0.2, 0.25) is 0 Å². The van der Waals surface area contributed by atoms with Crippen LogP contribution in [0.25, 0.3) is 0 Å². The van der Waals surface area contributed by atoms with Gasteiger partial charge in [0.1, 0.15) is 0 Å². The Labute approximate surface area is 72.9 Å². The topological polar surface area (TPSA) is 17.8 Å². The van der Waals surface area contributed by atoms with E-state index in [0.717, 1.165) is 0 Å². The third kappa shape index (κ3) is 1.42. The quantitative estimate of drug-likeness (QED) is 0.580. The van der Waals surface area contributed by atoms with E-state index < -0.39 is 0 Å². The van der Waals surface area contributed by atoms with Crippen LogP contribution < -0.4 is 0 Å². The summed E-state index contributed by atoms with van der Waals surface area (Å²) in [6, 6.07) is 2.61. The molecule has 1 fully saturated rings. The highest BCUT2D eigenvalue weighted by atomic mass is 15.3. The average Bonchev–Trinajstić information content (AvgIpc) is 2.58. The normalized spacial score (nSPS) is 19.8. The molecule has 0 atom stereocenters. The molecule has 0 spiro atoms. The molecule has 1 heterocycles. The summed E-state index contributed by atoms with van der Waals surface area (Å²) in [5.41, 5.74) is 1.40. The van der Waals surface area contributed by atoms with Crippen molar-refractivity contribution in [2.45, 2.75) is 31.7 Å². The Morgan fingerprint density at radius 2 is 2.17 bits per heavy atom. The van der Waals surface area contributed by atoms with Crippen molar-refractivity contribution in [2.24, 2.45) is 0 Å². The summed E-state index contributed by atoms with van der Waals surface area (Å²) in [7, 11) is 0. The Bertz CT molecular complexity index is 251. The van der Waals surface area contributed by atoms with Gasteiger partial charge in [-0.3, -0.25) is 4.68 Å². The fraction of sp³-hybridized carbons (Fsp3) is 0.500. The van der Waals surface area contributed by atoms with Crippen LogP contribution in [0.15, 0.2) is 30.6 Å². The van der Waals surface area contributed by atoms with Gasteiger partial charge in [0.05, 0.1) is 6.04 Å². The molecule has 1 aromatic heterocycles. The molecule has 0 amide bonds. The molecule has 0 saturated heterocycles. The molecule has 0 unspecified atom stereocenters. The summed E-state index contributed by atoms with van der Waals surface area (Å²) in [5.74, 6) is 0. The lowest BCUT2D eigenvalue weighted by Gasteiger charge is -2.23. The van der Waals surface area contributed by atoms with E-state index >= 15 is 0 Å². The first kappa shape index (κ1) is 7.59. The van der Waals surface area contributed by atoms with Gasteiger partial charge < -0.3 is 0 Å².